The maximum atomic E-state index is 9.64. The normalized spacial score (nSPS) is 38.3. The van der Waals surface area contributed by atoms with Crippen LogP contribution in [0, 0.1) is 0 Å². The lowest BCUT2D eigenvalue weighted by Gasteiger charge is -2.38. The molecule has 2 N–H and O–H groups in total. The van der Waals surface area contributed by atoms with Crippen LogP contribution in [-0.2, 0) is 9.47 Å². The van der Waals surface area contributed by atoms with Gasteiger partial charge in [0.25, 0.3) is 0 Å². The number of hydrogen-bond acceptors (Lipinski definition) is 4. The van der Waals surface area contributed by atoms with E-state index in [0.717, 1.165) is 19.3 Å². The average Bonchev–Trinajstić information content (AvgIpc) is 2.59. The molecule has 1 saturated carbocycles. The van der Waals surface area contributed by atoms with Crippen molar-refractivity contribution in [2.75, 3.05) is 20.3 Å². The van der Waals surface area contributed by atoms with E-state index in [9.17, 15) is 5.11 Å². The summed E-state index contributed by atoms with van der Waals surface area (Å²) in [6.07, 6.45) is 2.06. The monoisotopic (exact) mass is 187 g/mol. The van der Waals surface area contributed by atoms with E-state index in [1.807, 2.05) is 7.05 Å². The van der Waals surface area contributed by atoms with Gasteiger partial charge in [-0.25, -0.2) is 0 Å². The van der Waals surface area contributed by atoms with Crippen molar-refractivity contribution in [2.24, 2.45) is 0 Å². The Hall–Kier alpha value is -0.160. The molecule has 0 amide bonds. The molecular weight excluding hydrogens is 170 g/mol. The molecule has 0 radical (unpaired) electrons. The van der Waals surface area contributed by atoms with Crippen LogP contribution in [-0.4, -0.2) is 43.3 Å². The van der Waals surface area contributed by atoms with E-state index >= 15 is 0 Å². The topological polar surface area (TPSA) is 50.7 Å². The van der Waals surface area contributed by atoms with E-state index in [1.54, 1.807) is 0 Å². The molecule has 13 heavy (non-hydrogen) atoms. The fourth-order valence-corrected chi connectivity index (χ4v) is 2.20. The average molecular weight is 187 g/mol. The smallest absolute Gasteiger partial charge is 0.170 e. The summed E-state index contributed by atoms with van der Waals surface area (Å²) in [6, 6.07) is 0.104. The van der Waals surface area contributed by atoms with Crippen LogP contribution >= 0.6 is 0 Å². The fourth-order valence-electron chi connectivity index (χ4n) is 2.20. The van der Waals surface area contributed by atoms with Crippen molar-refractivity contribution in [3.05, 3.63) is 0 Å². The lowest BCUT2D eigenvalue weighted by molar-refractivity contribution is -0.194. The number of aliphatic hydroxyl groups is 1. The zero-order valence-electron chi connectivity index (χ0n) is 7.95. The molecule has 4 nitrogen and oxygen atoms in total. The van der Waals surface area contributed by atoms with Crippen molar-refractivity contribution in [3.63, 3.8) is 0 Å². The molecule has 1 aliphatic carbocycles. The van der Waals surface area contributed by atoms with Crippen molar-refractivity contribution >= 4 is 0 Å². The van der Waals surface area contributed by atoms with Crippen LogP contribution < -0.4 is 5.32 Å². The van der Waals surface area contributed by atoms with Crippen molar-refractivity contribution in [1.29, 1.82) is 0 Å². The Morgan fingerprint density at radius 1 is 1.38 bits per heavy atom. The molecule has 0 aromatic carbocycles. The number of rotatable bonds is 1. The third kappa shape index (κ3) is 1.72. The summed E-state index contributed by atoms with van der Waals surface area (Å²) in [6.45, 7) is 1.37. The molecule has 1 heterocycles. The second kappa shape index (κ2) is 3.53. The van der Waals surface area contributed by atoms with Gasteiger partial charge in [-0.2, -0.15) is 0 Å². The van der Waals surface area contributed by atoms with Gasteiger partial charge in [-0.05, 0) is 13.5 Å². The Labute approximate surface area is 78.2 Å². The van der Waals surface area contributed by atoms with Gasteiger partial charge >= 0.3 is 0 Å². The quantitative estimate of drug-likeness (QED) is 0.600. The van der Waals surface area contributed by atoms with Crippen LogP contribution in [0.15, 0.2) is 0 Å². The molecule has 4 heteroatoms. The lowest BCUT2D eigenvalue weighted by atomic mass is 9.87. The first-order valence-corrected chi connectivity index (χ1v) is 4.89. The maximum Gasteiger partial charge on any atom is 0.170 e. The first kappa shape index (κ1) is 9.40. The molecule has 1 spiro atoms. The number of nitrogens with one attached hydrogen (secondary N) is 1. The zero-order chi connectivity index (χ0) is 9.31. The van der Waals surface area contributed by atoms with Crippen LogP contribution in [0.1, 0.15) is 19.3 Å². The molecule has 1 aliphatic heterocycles. The minimum atomic E-state index is -0.396. The van der Waals surface area contributed by atoms with Crippen LogP contribution in [0.4, 0.5) is 0 Å². The summed E-state index contributed by atoms with van der Waals surface area (Å²) < 4.78 is 11.2. The van der Waals surface area contributed by atoms with E-state index in [1.165, 1.54) is 0 Å². The summed E-state index contributed by atoms with van der Waals surface area (Å²) in [5.41, 5.74) is 0. The van der Waals surface area contributed by atoms with Crippen molar-refractivity contribution < 1.29 is 14.6 Å². The third-order valence-electron chi connectivity index (χ3n) is 3.00. The van der Waals surface area contributed by atoms with Crippen LogP contribution in [0.2, 0.25) is 0 Å². The molecule has 0 bridgehead atoms. The van der Waals surface area contributed by atoms with Gasteiger partial charge in [0.1, 0.15) is 0 Å². The molecule has 2 unspecified atom stereocenters. The highest BCUT2D eigenvalue weighted by Gasteiger charge is 2.44. The summed E-state index contributed by atoms with van der Waals surface area (Å²) in [5, 5.41) is 12.7. The van der Waals surface area contributed by atoms with Gasteiger partial charge in [0.2, 0.25) is 0 Å². The lowest BCUT2D eigenvalue weighted by Crippen LogP contribution is -2.50. The highest BCUT2D eigenvalue weighted by atomic mass is 16.7. The molecule has 2 aliphatic rings. The van der Waals surface area contributed by atoms with E-state index in [4.69, 9.17) is 9.47 Å². The second-order valence-electron chi connectivity index (χ2n) is 3.81. The Kier molecular flexibility index (Phi) is 2.55. The van der Waals surface area contributed by atoms with Crippen molar-refractivity contribution in [2.45, 2.75) is 37.2 Å². The molecular formula is C9H17NO3. The Morgan fingerprint density at radius 2 is 2.08 bits per heavy atom. The summed E-state index contributed by atoms with van der Waals surface area (Å²) in [5.74, 6) is -0.396. The Balaban J connectivity index is 2.01. The Bertz CT molecular complexity index is 180. The van der Waals surface area contributed by atoms with Crippen LogP contribution in [0.5, 0.6) is 0 Å². The first-order valence-electron chi connectivity index (χ1n) is 4.89. The van der Waals surface area contributed by atoms with Gasteiger partial charge in [0.05, 0.1) is 19.3 Å². The summed E-state index contributed by atoms with van der Waals surface area (Å²) in [7, 11) is 1.86. The molecule has 1 saturated heterocycles. The fraction of sp³-hybridized carbons (Fsp3) is 1.00. The standard InChI is InChI=1S/C9H17NO3/c1-10-7-6-9(3-2-8(7)11)12-4-5-13-9/h7-8,10-11H,2-6H2,1H3. The predicted octanol–water partition coefficient (Wildman–Crippen LogP) is -0.138. The van der Waals surface area contributed by atoms with E-state index < -0.39 is 5.79 Å². The van der Waals surface area contributed by atoms with E-state index in [2.05, 4.69) is 5.32 Å². The minimum Gasteiger partial charge on any atom is -0.391 e. The number of aliphatic hydroxyl groups excluding tert-OH is 1. The van der Waals surface area contributed by atoms with E-state index in [0.29, 0.717) is 13.2 Å². The molecule has 2 fully saturated rings. The van der Waals surface area contributed by atoms with Crippen LogP contribution in [0.3, 0.4) is 0 Å². The van der Waals surface area contributed by atoms with Crippen LogP contribution in [0.25, 0.3) is 0 Å². The SMILES string of the molecule is CNC1CC2(CCC1O)OCCO2. The van der Waals surface area contributed by atoms with Gasteiger partial charge in [-0.1, -0.05) is 0 Å². The first-order chi connectivity index (χ1) is 6.26. The molecule has 2 rings (SSSR count). The zero-order valence-corrected chi connectivity index (χ0v) is 7.95. The Morgan fingerprint density at radius 3 is 2.69 bits per heavy atom. The number of hydrogen-bond donors (Lipinski definition) is 2. The van der Waals surface area contributed by atoms with Crippen molar-refractivity contribution in [3.8, 4) is 0 Å². The molecule has 76 valence electrons. The summed E-state index contributed by atoms with van der Waals surface area (Å²) >= 11 is 0. The highest BCUT2D eigenvalue weighted by Crippen LogP contribution is 2.35. The van der Waals surface area contributed by atoms with Gasteiger partial charge < -0.3 is 19.9 Å². The van der Waals surface area contributed by atoms with Gasteiger partial charge in [-0.3, -0.25) is 0 Å². The number of likely N-dealkylation sites (N-methyl/N-ethyl adjacent to an activating group) is 1. The van der Waals surface area contributed by atoms with Gasteiger partial charge in [0, 0.05) is 18.9 Å². The van der Waals surface area contributed by atoms with Gasteiger partial charge in [0.15, 0.2) is 5.79 Å². The van der Waals surface area contributed by atoms with Gasteiger partial charge in [-0.15, -0.1) is 0 Å². The minimum absolute atomic E-state index is 0.104. The second-order valence-corrected chi connectivity index (χ2v) is 3.81. The third-order valence-corrected chi connectivity index (χ3v) is 3.00. The van der Waals surface area contributed by atoms with E-state index in [-0.39, 0.29) is 12.1 Å². The maximum absolute atomic E-state index is 9.64. The molecule has 2 atom stereocenters. The predicted molar refractivity (Wildman–Crippen MR) is 47.3 cm³/mol. The number of ether oxygens (including phenoxy) is 2. The largest absolute Gasteiger partial charge is 0.391 e. The molecule has 0 aromatic heterocycles. The molecule has 0 aromatic rings. The highest BCUT2D eigenvalue weighted by molar-refractivity contribution is 4.91. The van der Waals surface area contributed by atoms with Crippen molar-refractivity contribution in [1.82, 2.24) is 5.32 Å². The summed E-state index contributed by atoms with van der Waals surface area (Å²) in [4.78, 5) is 0.